The number of hydrogen-bond donors (Lipinski definition) is 2. The van der Waals surface area contributed by atoms with Gasteiger partial charge in [0.15, 0.2) is 0 Å². The Bertz CT molecular complexity index is 231. The number of hydrogen-bond acceptors (Lipinski definition) is 2. The standard InChI is InChI=1S/C8H12N2/c1-6-4-3-5-7(10-2)8(6)9/h3-5,10H,9H2,1-2H3. The molecule has 1 aromatic rings. The normalized spacial score (nSPS) is 9.40. The van der Waals surface area contributed by atoms with Crippen LogP contribution < -0.4 is 11.1 Å². The number of nitrogens with one attached hydrogen (secondary N) is 1. The summed E-state index contributed by atoms with van der Waals surface area (Å²) in [7, 11) is 1.87. The van der Waals surface area contributed by atoms with Crippen LogP contribution in [0.15, 0.2) is 18.2 Å². The Labute approximate surface area is 61.1 Å². The third-order valence-electron chi connectivity index (χ3n) is 1.59. The molecule has 0 aliphatic heterocycles. The summed E-state index contributed by atoms with van der Waals surface area (Å²) in [5.74, 6) is 0. The van der Waals surface area contributed by atoms with Crippen LogP contribution in [0.2, 0.25) is 0 Å². The number of rotatable bonds is 1. The van der Waals surface area contributed by atoms with Gasteiger partial charge in [-0.25, -0.2) is 0 Å². The van der Waals surface area contributed by atoms with Crippen LogP contribution >= 0.6 is 0 Å². The van der Waals surface area contributed by atoms with Gasteiger partial charge in [-0.2, -0.15) is 0 Å². The van der Waals surface area contributed by atoms with Gasteiger partial charge in [-0.05, 0) is 18.6 Å². The summed E-state index contributed by atoms with van der Waals surface area (Å²) in [6.45, 7) is 2.00. The number of anilines is 2. The fourth-order valence-corrected chi connectivity index (χ4v) is 0.899. The molecule has 0 saturated carbocycles. The lowest BCUT2D eigenvalue weighted by Gasteiger charge is -2.05. The highest BCUT2D eigenvalue weighted by Gasteiger charge is 1.96. The summed E-state index contributed by atoms with van der Waals surface area (Å²) >= 11 is 0. The fourth-order valence-electron chi connectivity index (χ4n) is 0.899. The Balaban J connectivity index is 3.14. The molecule has 54 valence electrons. The minimum absolute atomic E-state index is 0.838. The predicted octanol–water partition coefficient (Wildman–Crippen LogP) is 1.62. The van der Waals surface area contributed by atoms with Crippen LogP contribution in [0.4, 0.5) is 11.4 Å². The zero-order chi connectivity index (χ0) is 7.56. The summed E-state index contributed by atoms with van der Waals surface area (Å²) in [4.78, 5) is 0. The molecule has 2 nitrogen and oxygen atoms in total. The van der Waals surface area contributed by atoms with Gasteiger partial charge in [0.25, 0.3) is 0 Å². The Morgan fingerprint density at radius 3 is 2.60 bits per heavy atom. The summed E-state index contributed by atoms with van der Waals surface area (Å²) < 4.78 is 0. The number of nitrogen functional groups attached to an aromatic ring is 1. The largest absolute Gasteiger partial charge is 0.397 e. The fraction of sp³-hybridized carbons (Fsp3) is 0.250. The molecule has 0 aromatic heterocycles. The van der Waals surface area contributed by atoms with E-state index in [0.717, 1.165) is 16.9 Å². The monoisotopic (exact) mass is 136 g/mol. The second-order valence-corrected chi connectivity index (χ2v) is 2.29. The first-order valence-electron chi connectivity index (χ1n) is 3.28. The molecule has 0 fully saturated rings. The Kier molecular flexibility index (Phi) is 1.81. The van der Waals surface area contributed by atoms with Crippen LogP contribution in [0.5, 0.6) is 0 Å². The van der Waals surface area contributed by atoms with Crippen molar-refractivity contribution in [1.29, 1.82) is 0 Å². The molecule has 0 spiro atoms. The Morgan fingerprint density at radius 2 is 2.10 bits per heavy atom. The molecular weight excluding hydrogens is 124 g/mol. The van der Waals surface area contributed by atoms with Gasteiger partial charge in [0.1, 0.15) is 0 Å². The van der Waals surface area contributed by atoms with Crippen molar-refractivity contribution in [1.82, 2.24) is 0 Å². The van der Waals surface area contributed by atoms with Gasteiger partial charge in [-0.15, -0.1) is 0 Å². The molecule has 10 heavy (non-hydrogen) atoms. The molecule has 1 rings (SSSR count). The summed E-state index contributed by atoms with van der Waals surface area (Å²) in [5, 5.41) is 3.01. The highest BCUT2D eigenvalue weighted by Crippen LogP contribution is 2.20. The van der Waals surface area contributed by atoms with Crippen LogP contribution in [0.25, 0.3) is 0 Å². The maximum Gasteiger partial charge on any atom is 0.0579 e. The van der Waals surface area contributed by atoms with E-state index in [2.05, 4.69) is 5.32 Å². The lowest BCUT2D eigenvalue weighted by atomic mass is 10.2. The zero-order valence-electron chi connectivity index (χ0n) is 6.31. The van der Waals surface area contributed by atoms with E-state index >= 15 is 0 Å². The van der Waals surface area contributed by atoms with E-state index < -0.39 is 0 Å². The molecule has 0 aliphatic carbocycles. The minimum atomic E-state index is 0.838. The maximum absolute atomic E-state index is 5.73. The van der Waals surface area contributed by atoms with E-state index in [9.17, 15) is 0 Å². The quantitative estimate of drug-likeness (QED) is 0.576. The molecule has 2 heteroatoms. The average molecular weight is 136 g/mol. The van der Waals surface area contributed by atoms with E-state index in [0.29, 0.717) is 0 Å². The van der Waals surface area contributed by atoms with Crippen LogP contribution in [0.3, 0.4) is 0 Å². The highest BCUT2D eigenvalue weighted by molar-refractivity contribution is 5.69. The maximum atomic E-state index is 5.73. The van der Waals surface area contributed by atoms with E-state index in [4.69, 9.17) is 5.73 Å². The van der Waals surface area contributed by atoms with Gasteiger partial charge in [0, 0.05) is 7.05 Å². The number of benzene rings is 1. The average Bonchev–Trinajstić information content (AvgIpc) is 1.95. The first-order chi connectivity index (χ1) is 4.75. The van der Waals surface area contributed by atoms with Gasteiger partial charge in [-0.1, -0.05) is 12.1 Å². The SMILES string of the molecule is CNc1cccc(C)c1N. The van der Waals surface area contributed by atoms with E-state index in [1.165, 1.54) is 0 Å². The number of para-hydroxylation sites is 1. The molecule has 0 radical (unpaired) electrons. The topological polar surface area (TPSA) is 38.0 Å². The number of aryl methyl sites for hydroxylation is 1. The third-order valence-corrected chi connectivity index (χ3v) is 1.59. The van der Waals surface area contributed by atoms with Crippen LogP contribution in [0, 0.1) is 6.92 Å². The van der Waals surface area contributed by atoms with Crippen molar-refractivity contribution in [3.8, 4) is 0 Å². The molecule has 0 amide bonds. The lowest BCUT2D eigenvalue weighted by Crippen LogP contribution is -1.96. The second-order valence-electron chi connectivity index (χ2n) is 2.29. The molecule has 1 aromatic carbocycles. The zero-order valence-corrected chi connectivity index (χ0v) is 6.31. The van der Waals surface area contributed by atoms with Crippen molar-refractivity contribution < 1.29 is 0 Å². The van der Waals surface area contributed by atoms with Crippen molar-refractivity contribution in [3.63, 3.8) is 0 Å². The van der Waals surface area contributed by atoms with Crippen molar-refractivity contribution in [2.24, 2.45) is 0 Å². The van der Waals surface area contributed by atoms with Crippen molar-refractivity contribution in [2.75, 3.05) is 18.1 Å². The molecule has 0 atom stereocenters. The van der Waals surface area contributed by atoms with Gasteiger partial charge in [0.2, 0.25) is 0 Å². The predicted molar refractivity (Wildman–Crippen MR) is 45.1 cm³/mol. The van der Waals surface area contributed by atoms with Crippen molar-refractivity contribution >= 4 is 11.4 Å². The highest BCUT2D eigenvalue weighted by atomic mass is 14.8. The van der Waals surface area contributed by atoms with Crippen molar-refractivity contribution in [3.05, 3.63) is 23.8 Å². The Hall–Kier alpha value is -1.18. The van der Waals surface area contributed by atoms with Gasteiger partial charge in [-0.3, -0.25) is 0 Å². The van der Waals surface area contributed by atoms with E-state index in [1.807, 2.05) is 32.2 Å². The molecule has 0 bridgehead atoms. The summed E-state index contributed by atoms with van der Waals surface area (Å²) in [5.41, 5.74) is 8.69. The van der Waals surface area contributed by atoms with Gasteiger partial charge in [0.05, 0.1) is 11.4 Å². The Morgan fingerprint density at radius 1 is 1.40 bits per heavy atom. The van der Waals surface area contributed by atoms with Crippen LogP contribution in [-0.2, 0) is 0 Å². The minimum Gasteiger partial charge on any atom is -0.397 e. The molecule has 3 N–H and O–H groups in total. The van der Waals surface area contributed by atoms with E-state index in [1.54, 1.807) is 0 Å². The first-order valence-corrected chi connectivity index (χ1v) is 3.28. The van der Waals surface area contributed by atoms with Crippen LogP contribution in [-0.4, -0.2) is 7.05 Å². The first kappa shape index (κ1) is 6.93. The molecular formula is C8H12N2. The third kappa shape index (κ3) is 1.05. The molecule has 0 unspecified atom stereocenters. The van der Waals surface area contributed by atoms with E-state index in [-0.39, 0.29) is 0 Å². The summed E-state index contributed by atoms with van der Waals surface area (Å²) in [6.07, 6.45) is 0. The summed E-state index contributed by atoms with van der Waals surface area (Å²) in [6, 6.07) is 5.94. The smallest absolute Gasteiger partial charge is 0.0579 e. The van der Waals surface area contributed by atoms with Gasteiger partial charge >= 0.3 is 0 Å². The lowest BCUT2D eigenvalue weighted by molar-refractivity contribution is 1.43. The number of nitrogens with two attached hydrogens (primary N) is 1. The van der Waals surface area contributed by atoms with Gasteiger partial charge < -0.3 is 11.1 Å². The molecule has 0 heterocycles. The van der Waals surface area contributed by atoms with Crippen LogP contribution in [0.1, 0.15) is 5.56 Å². The second kappa shape index (κ2) is 2.60. The molecule has 0 aliphatic rings. The molecule has 0 saturated heterocycles. The van der Waals surface area contributed by atoms with Crippen molar-refractivity contribution in [2.45, 2.75) is 6.92 Å².